The number of halogens is 2. The molecule has 0 unspecified atom stereocenters. The first-order valence-corrected chi connectivity index (χ1v) is 5.86. The van der Waals surface area contributed by atoms with Crippen molar-refractivity contribution in [2.75, 3.05) is 23.9 Å². The third-order valence-electron chi connectivity index (χ3n) is 1.67. The fourth-order valence-corrected chi connectivity index (χ4v) is 2.44. The van der Waals surface area contributed by atoms with Crippen LogP contribution < -0.4 is 0 Å². The molecule has 1 aliphatic rings. The van der Waals surface area contributed by atoms with Crippen molar-refractivity contribution in [1.29, 1.82) is 0 Å². The summed E-state index contributed by atoms with van der Waals surface area (Å²) < 4.78 is 11.1. The largest absolute Gasteiger partial charge is 0.348 e. The summed E-state index contributed by atoms with van der Waals surface area (Å²) in [6.07, 6.45) is 0. The zero-order valence-corrected chi connectivity index (χ0v) is 9.65. The van der Waals surface area contributed by atoms with Crippen molar-refractivity contribution < 1.29 is 9.47 Å². The SMILES string of the molecule is CC1COC(CBr)(CBr)OC1. The van der Waals surface area contributed by atoms with Crippen LogP contribution in [0.2, 0.25) is 0 Å². The Kier molecular flexibility index (Phi) is 3.81. The van der Waals surface area contributed by atoms with Crippen LogP contribution >= 0.6 is 31.9 Å². The monoisotopic (exact) mass is 286 g/mol. The predicted molar refractivity (Wildman–Crippen MR) is 51.4 cm³/mol. The first-order chi connectivity index (χ1) is 5.22. The summed E-state index contributed by atoms with van der Waals surface area (Å²) in [5.41, 5.74) is 0. The fourth-order valence-electron chi connectivity index (χ4n) is 0.868. The van der Waals surface area contributed by atoms with Gasteiger partial charge in [-0.05, 0) is 0 Å². The molecule has 1 rings (SSSR count). The van der Waals surface area contributed by atoms with Gasteiger partial charge in [0.1, 0.15) is 0 Å². The van der Waals surface area contributed by atoms with E-state index in [0.29, 0.717) is 5.92 Å². The van der Waals surface area contributed by atoms with Gasteiger partial charge in [0.2, 0.25) is 0 Å². The lowest BCUT2D eigenvalue weighted by Gasteiger charge is -2.36. The summed E-state index contributed by atoms with van der Waals surface area (Å²) in [5, 5.41) is 1.44. The molecule has 1 heterocycles. The Morgan fingerprint density at radius 2 is 1.73 bits per heavy atom. The van der Waals surface area contributed by atoms with Gasteiger partial charge in [-0.15, -0.1) is 0 Å². The maximum absolute atomic E-state index is 5.56. The molecule has 0 aromatic carbocycles. The van der Waals surface area contributed by atoms with Crippen molar-refractivity contribution in [2.45, 2.75) is 12.7 Å². The first kappa shape index (κ1) is 9.96. The molecule has 0 spiro atoms. The van der Waals surface area contributed by atoms with Gasteiger partial charge in [0.05, 0.1) is 23.9 Å². The molecule has 66 valence electrons. The van der Waals surface area contributed by atoms with Crippen molar-refractivity contribution in [3.63, 3.8) is 0 Å². The van der Waals surface area contributed by atoms with Gasteiger partial charge in [0.25, 0.3) is 0 Å². The van der Waals surface area contributed by atoms with Gasteiger partial charge in [-0.3, -0.25) is 0 Å². The molecule has 4 heteroatoms. The van der Waals surface area contributed by atoms with Crippen LogP contribution in [0.5, 0.6) is 0 Å². The van der Waals surface area contributed by atoms with Crippen LogP contribution in [-0.2, 0) is 9.47 Å². The van der Waals surface area contributed by atoms with E-state index < -0.39 is 5.79 Å². The van der Waals surface area contributed by atoms with Crippen LogP contribution in [0.1, 0.15) is 6.92 Å². The summed E-state index contributed by atoms with van der Waals surface area (Å²) >= 11 is 6.74. The zero-order chi connectivity index (χ0) is 8.32. The summed E-state index contributed by atoms with van der Waals surface area (Å²) in [7, 11) is 0. The molecule has 0 saturated carbocycles. The van der Waals surface area contributed by atoms with Gasteiger partial charge in [-0.2, -0.15) is 0 Å². The van der Waals surface area contributed by atoms with Crippen LogP contribution in [0, 0.1) is 5.92 Å². The Morgan fingerprint density at radius 1 is 1.27 bits per heavy atom. The maximum atomic E-state index is 5.56. The van der Waals surface area contributed by atoms with Gasteiger partial charge in [0.15, 0.2) is 5.79 Å². The highest BCUT2D eigenvalue weighted by Gasteiger charge is 2.34. The second-order valence-electron chi connectivity index (χ2n) is 2.91. The van der Waals surface area contributed by atoms with Crippen molar-refractivity contribution in [3.05, 3.63) is 0 Å². The van der Waals surface area contributed by atoms with E-state index in [4.69, 9.17) is 9.47 Å². The Labute approximate surface area is 83.9 Å². The fraction of sp³-hybridized carbons (Fsp3) is 1.00. The molecule has 0 bridgehead atoms. The molecular weight excluding hydrogens is 276 g/mol. The average molecular weight is 288 g/mol. The van der Waals surface area contributed by atoms with E-state index in [-0.39, 0.29) is 0 Å². The summed E-state index contributed by atoms with van der Waals surface area (Å²) in [6, 6.07) is 0. The van der Waals surface area contributed by atoms with Gasteiger partial charge in [-0.1, -0.05) is 38.8 Å². The van der Waals surface area contributed by atoms with E-state index in [1.54, 1.807) is 0 Å². The van der Waals surface area contributed by atoms with Crippen molar-refractivity contribution in [1.82, 2.24) is 0 Å². The highest BCUT2D eigenvalue weighted by Crippen LogP contribution is 2.25. The van der Waals surface area contributed by atoms with Crippen molar-refractivity contribution in [2.24, 2.45) is 5.92 Å². The van der Waals surface area contributed by atoms with Crippen LogP contribution in [0.25, 0.3) is 0 Å². The van der Waals surface area contributed by atoms with Gasteiger partial charge in [-0.25, -0.2) is 0 Å². The number of hydrogen-bond acceptors (Lipinski definition) is 2. The molecule has 0 radical (unpaired) electrons. The molecule has 1 saturated heterocycles. The number of rotatable bonds is 2. The molecule has 1 fully saturated rings. The summed E-state index contributed by atoms with van der Waals surface area (Å²) in [4.78, 5) is 0. The second-order valence-corrected chi connectivity index (χ2v) is 4.03. The van der Waals surface area contributed by atoms with E-state index in [9.17, 15) is 0 Å². The van der Waals surface area contributed by atoms with Crippen LogP contribution in [0.15, 0.2) is 0 Å². The summed E-state index contributed by atoms with van der Waals surface area (Å²) in [6.45, 7) is 3.70. The Balaban J connectivity index is 2.45. The minimum Gasteiger partial charge on any atom is -0.348 e. The molecule has 0 N–H and O–H groups in total. The highest BCUT2D eigenvalue weighted by atomic mass is 79.9. The zero-order valence-electron chi connectivity index (χ0n) is 6.48. The minimum atomic E-state index is -0.424. The van der Waals surface area contributed by atoms with Gasteiger partial charge in [0, 0.05) is 5.92 Å². The van der Waals surface area contributed by atoms with Gasteiger partial charge >= 0.3 is 0 Å². The number of hydrogen-bond donors (Lipinski definition) is 0. The maximum Gasteiger partial charge on any atom is 0.187 e. The molecule has 2 nitrogen and oxygen atoms in total. The lowest BCUT2D eigenvalue weighted by atomic mass is 10.2. The van der Waals surface area contributed by atoms with Crippen LogP contribution in [0.4, 0.5) is 0 Å². The van der Waals surface area contributed by atoms with Gasteiger partial charge < -0.3 is 9.47 Å². The lowest BCUT2D eigenvalue weighted by Crippen LogP contribution is -2.46. The second kappa shape index (κ2) is 4.21. The smallest absolute Gasteiger partial charge is 0.187 e. The minimum absolute atomic E-state index is 0.424. The average Bonchev–Trinajstić information content (AvgIpc) is 2.07. The summed E-state index contributed by atoms with van der Waals surface area (Å²) in [5.74, 6) is 0.0909. The molecule has 0 amide bonds. The Bertz CT molecular complexity index is 116. The predicted octanol–water partition coefficient (Wildman–Crippen LogP) is 2.16. The molecule has 0 atom stereocenters. The van der Waals surface area contributed by atoms with Crippen LogP contribution in [0.3, 0.4) is 0 Å². The highest BCUT2D eigenvalue weighted by molar-refractivity contribution is 9.09. The number of alkyl halides is 2. The quantitative estimate of drug-likeness (QED) is 0.725. The standard InChI is InChI=1S/C7H12Br2O2/c1-6-2-10-7(4-8,5-9)11-3-6/h6H,2-5H2,1H3. The van der Waals surface area contributed by atoms with Crippen molar-refractivity contribution >= 4 is 31.9 Å². The molecule has 11 heavy (non-hydrogen) atoms. The van der Waals surface area contributed by atoms with E-state index >= 15 is 0 Å². The third-order valence-corrected chi connectivity index (χ3v) is 3.38. The van der Waals surface area contributed by atoms with E-state index in [1.165, 1.54) is 0 Å². The molecular formula is C7H12Br2O2. The Morgan fingerprint density at radius 3 is 2.09 bits per heavy atom. The van der Waals surface area contributed by atoms with E-state index in [1.807, 2.05) is 0 Å². The topological polar surface area (TPSA) is 18.5 Å². The van der Waals surface area contributed by atoms with E-state index in [2.05, 4.69) is 38.8 Å². The lowest BCUT2D eigenvalue weighted by molar-refractivity contribution is -0.252. The molecule has 0 aromatic rings. The molecule has 1 aliphatic heterocycles. The number of ether oxygens (including phenoxy) is 2. The van der Waals surface area contributed by atoms with Crippen LogP contribution in [-0.4, -0.2) is 29.7 Å². The third kappa shape index (κ3) is 2.41. The normalized spacial score (nSPS) is 25.4. The molecule has 0 aliphatic carbocycles. The Hall–Kier alpha value is 0.880. The molecule has 0 aromatic heterocycles. The van der Waals surface area contributed by atoms with Crippen molar-refractivity contribution in [3.8, 4) is 0 Å². The first-order valence-electron chi connectivity index (χ1n) is 3.62. The van der Waals surface area contributed by atoms with E-state index in [0.717, 1.165) is 23.9 Å².